The Balaban J connectivity index is 2.26. The van der Waals surface area contributed by atoms with Gasteiger partial charge < -0.3 is 19.8 Å². The van der Waals surface area contributed by atoms with Gasteiger partial charge in [0.25, 0.3) is 0 Å². The molecule has 0 spiro atoms. The number of carbonyl (C=O) groups excluding carboxylic acids is 1. The van der Waals surface area contributed by atoms with E-state index in [1.807, 2.05) is 6.92 Å². The Morgan fingerprint density at radius 3 is 2.74 bits per heavy atom. The average molecular weight is 287 g/mol. The number of amides is 1. The van der Waals surface area contributed by atoms with E-state index in [4.69, 9.17) is 9.84 Å². The molecule has 2 heterocycles. The van der Waals surface area contributed by atoms with Crippen molar-refractivity contribution in [1.29, 1.82) is 0 Å². The lowest BCUT2D eigenvalue weighted by molar-refractivity contribution is -0.157. The summed E-state index contributed by atoms with van der Waals surface area (Å²) in [6, 6.07) is -0.134. The number of carboxylic acids is 1. The largest absolute Gasteiger partial charge is 0.477 e. The van der Waals surface area contributed by atoms with Crippen LogP contribution in [0.15, 0.2) is 10.6 Å². The monoisotopic (exact) mass is 287 g/mol. The maximum Gasteiger partial charge on any atom is 0.353 e. The number of rotatable bonds is 6. The second-order valence-corrected chi connectivity index (χ2v) is 5.64. The summed E-state index contributed by atoms with van der Waals surface area (Å²) in [6.45, 7) is 1.86. The Kier molecular flexibility index (Phi) is 4.17. The molecule has 19 heavy (non-hydrogen) atoms. The first-order valence-electron chi connectivity index (χ1n) is 6.07. The van der Waals surface area contributed by atoms with Gasteiger partial charge in [0, 0.05) is 24.5 Å². The molecule has 0 aromatic heterocycles. The van der Waals surface area contributed by atoms with Crippen LogP contribution in [0.25, 0.3) is 0 Å². The van der Waals surface area contributed by atoms with Crippen LogP contribution in [-0.4, -0.2) is 52.7 Å². The summed E-state index contributed by atoms with van der Waals surface area (Å²) >= 11 is 1.32. The standard InChI is InChI=1S/C12H17NO5S/c1-6-8-7(3-4-14)11(15)13(8)9(12(16)17)10(6)19-5-18-2/h6-8,14H,3-5H2,1-2H3,(H,16,17)/t6-,7+,8-/m1/s1. The number of hydrogen-bond donors (Lipinski definition) is 2. The predicted octanol–water partition coefficient (Wildman–Crippen LogP) is 0.479. The number of nitrogens with zero attached hydrogens (tertiary/aromatic N) is 1. The molecular weight excluding hydrogens is 270 g/mol. The van der Waals surface area contributed by atoms with Crippen molar-refractivity contribution in [3.63, 3.8) is 0 Å². The molecule has 6 nitrogen and oxygen atoms in total. The maximum absolute atomic E-state index is 12.0. The number of aliphatic carboxylic acids is 1. The molecule has 0 radical (unpaired) electrons. The molecule has 3 atom stereocenters. The number of β-lactam (4-membered cyclic amide) rings is 1. The fraction of sp³-hybridized carbons (Fsp3) is 0.667. The van der Waals surface area contributed by atoms with Crippen LogP contribution in [0.5, 0.6) is 0 Å². The highest BCUT2D eigenvalue weighted by Gasteiger charge is 2.58. The van der Waals surface area contributed by atoms with E-state index in [1.54, 1.807) is 7.11 Å². The normalized spacial score (nSPS) is 29.5. The Bertz CT molecular complexity index is 436. The molecular formula is C12H17NO5S. The summed E-state index contributed by atoms with van der Waals surface area (Å²) in [4.78, 5) is 25.4. The fourth-order valence-electron chi connectivity index (χ4n) is 2.85. The maximum atomic E-state index is 12.0. The summed E-state index contributed by atoms with van der Waals surface area (Å²) in [7, 11) is 1.54. The van der Waals surface area contributed by atoms with Gasteiger partial charge in [0.05, 0.1) is 17.9 Å². The highest BCUT2D eigenvalue weighted by molar-refractivity contribution is 8.03. The molecule has 0 aromatic carbocycles. The van der Waals surface area contributed by atoms with Crippen LogP contribution in [0, 0.1) is 11.8 Å². The molecule has 2 N–H and O–H groups in total. The topological polar surface area (TPSA) is 87.1 Å². The minimum Gasteiger partial charge on any atom is -0.477 e. The number of hydrogen-bond acceptors (Lipinski definition) is 5. The van der Waals surface area contributed by atoms with E-state index < -0.39 is 5.97 Å². The number of aliphatic hydroxyl groups is 1. The lowest BCUT2D eigenvalue weighted by Crippen LogP contribution is -2.60. The van der Waals surface area contributed by atoms with Gasteiger partial charge in [0.1, 0.15) is 5.70 Å². The molecule has 2 rings (SSSR count). The van der Waals surface area contributed by atoms with E-state index >= 15 is 0 Å². The van der Waals surface area contributed by atoms with Gasteiger partial charge in [0.2, 0.25) is 5.91 Å². The molecule has 0 aromatic rings. The third kappa shape index (κ3) is 2.15. The predicted molar refractivity (Wildman–Crippen MR) is 69.1 cm³/mol. The molecule has 2 aliphatic heterocycles. The van der Waals surface area contributed by atoms with Crippen molar-refractivity contribution in [1.82, 2.24) is 4.90 Å². The van der Waals surface area contributed by atoms with E-state index in [-0.39, 0.29) is 36.1 Å². The second kappa shape index (κ2) is 5.52. The fourth-order valence-corrected chi connectivity index (χ4v) is 3.82. The summed E-state index contributed by atoms with van der Waals surface area (Å²) in [5, 5.41) is 18.3. The van der Waals surface area contributed by atoms with Crippen molar-refractivity contribution in [3.05, 3.63) is 10.6 Å². The quantitative estimate of drug-likeness (QED) is 0.546. The Morgan fingerprint density at radius 1 is 1.53 bits per heavy atom. The molecule has 2 aliphatic rings. The zero-order valence-electron chi connectivity index (χ0n) is 10.8. The van der Waals surface area contributed by atoms with Crippen LogP contribution in [0.4, 0.5) is 0 Å². The number of aliphatic hydroxyl groups excluding tert-OH is 1. The van der Waals surface area contributed by atoms with Gasteiger partial charge >= 0.3 is 5.97 Å². The lowest BCUT2D eigenvalue weighted by atomic mass is 9.80. The summed E-state index contributed by atoms with van der Waals surface area (Å²) in [5.74, 6) is -1.22. The highest BCUT2D eigenvalue weighted by atomic mass is 32.2. The number of ether oxygens (including phenoxy) is 1. The molecule has 0 saturated carbocycles. The minimum atomic E-state index is -1.08. The van der Waals surface area contributed by atoms with Crippen molar-refractivity contribution in [3.8, 4) is 0 Å². The van der Waals surface area contributed by atoms with Gasteiger partial charge in [-0.3, -0.25) is 4.79 Å². The van der Waals surface area contributed by atoms with Crippen molar-refractivity contribution in [2.45, 2.75) is 19.4 Å². The van der Waals surface area contributed by atoms with E-state index in [1.165, 1.54) is 16.7 Å². The lowest BCUT2D eigenvalue weighted by Gasteiger charge is -2.45. The SMILES string of the molecule is COCSC1=C(C(=O)O)N2C(=O)[C@@H](CCO)[C@H]2[C@H]1C. The smallest absolute Gasteiger partial charge is 0.353 e. The van der Waals surface area contributed by atoms with E-state index in [9.17, 15) is 14.7 Å². The molecule has 0 aliphatic carbocycles. The summed E-state index contributed by atoms with van der Waals surface area (Å²) in [5.41, 5.74) is 0.0822. The van der Waals surface area contributed by atoms with Crippen LogP contribution in [0.3, 0.4) is 0 Å². The Hall–Kier alpha value is -1.05. The van der Waals surface area contributed by atoms with Crippen molar-refractivity contribution >= 4 is 23.6 Å². The van der Waals surface area contributed by atoms with Crippen LogP contribution in [0.2, 0.25) is 0 Å². The number of methoxy groups -OCH3 is 1. The molecule has 7 heteroatoms. The van der Waals surface area contributed by atoms with Gasteiger partial charge in [-0.2, -0.15) is 0 Å². The third-order valence-electron chi connectivity index (χ3n) is 3.64. The minimum absolute atomic E-state index is 0.0273. The average Bonchev–Trinajstić information content (AvgIpc) is 2.63. The zero-order chi connectivity index (χ0) is 14.2. The summed E-state index contributed by atoms with van der Waals surface area (Å²) in [6.07, 6.45) is 0.388. The Morgan fingerprint density at radius 2 is 2.21 bits per heavy atom. The third-order valence-corrected chi connectivity index (χ3v) is 4.87. The van der Waals surface area contributed by atoms with Crippen molar-refractivity contribution in [2.75, 3.05) is 19.7 Å². The van der Waals surface area contributed by atoms with Crippen molar-refractivity contribution < 1.29 is 24.5 Å². The van der Waals surface area contributed by atoms with Crippen LogP contribution in [-0.2, 0) is 14.3 Å². The van der Waals surface area contributed by atoms with E-state index in [0.717, 1.165) is 0 Å². The summed E-state index contributed by atoms with van der Waals surface area (Å²) < 4.78 is 4.96. The van der Waals surface area contributed by atoms with Gasteiger partial charge in [-0.25, -0.2) is 4.79 Å². The molecule has 1 fully saturated rings. The van der Waals surface area contributed by atoms with E-state index in [0.29, 0.717) is 17.3 Å². The van der Waals surface area contributed by atoms with Crippen LogP contribution in [0.1, 0.15) is 13.3 Å². The number of fused-ring (bicyclic) bond motifs is 1. The van der Waals surface area contributed by atoms with Crippen LogP contribution < -0.4 is 0 Å². The first-order valence-corrected chi connectivity index (χ1v) is 7.06. The second-order valence-electron chi connectivity index (χ2n) is 4.68. The molecule has 0 bridgehead atoms. The molecule has 1 amide bonds. The van der Waals surface area contributed by atoms with Gasteiger partial charge in [-0.15, -0.1) is 0 Å². The Labute approximate surface area is 115 Å². The molecule has 1 saturated heterocycles. The number of carbonyl (C=O) groups is 2. The van der Waals surface area contributed by atoms with Gasteiger partial charge in [0.15, 0.2) is 0 Å². The zero-order valence-corrected chi connectivity index (χ0v) is 11.6. The van der Waals surface area contributed by atoms with Crippen LogP contribution >= 0.6 is 11.8 Å². The number of carboxylic acid groups (broad SMARTS) is 1. The van der Waals surface area contributed by atoms with Crippen molar-refractivity contribution in [2.24, 2.45) is 11.8 Å². The first kappa shape index (κ1) is 14.4. The van der Waals surface area contributed by atoms with E-state index in [2.05, 4.69) is 0 Å². The molecule has 106 valence electrons. The molecule has 0 unspecified atom stereocenters. The highest BCUT2D eigenvalue weighted by Crippen LogP contribution is 2.50. The number of thioether (sulfide) groups is 1. The first-order chi connectivity index (χ1) is 9.04. The van der Waals surface area contributed by atoms with Gasteiger partial charge in [-0.1, -0.05) is 18.7 Å². The van der Waals surface area contributed by atoms with Gasteiger partial charge in [-0.05, 0) is 6.42 Å².